The van der Waals surface area contributed by atoms with Gasteiger partial charge in [-0.05, 0) is 35.0 Å². The van der Waals surface area contributed by atoms with Crippen LogP contribution in [0.15, 0.2) is 22.0 Å². The number of nitrogens with zero attached hydrogens (tertiary/aromatic N) is 2. The molecule has 0 saturated carbocycles. The third-order valence-corrected chi connectivity index (χ3v) is 3.70. The molecule has 2 aromatic heterocycles. The fourth-order valence-corrected chi connectivity index (χ4v) is 2.89. The predicted molar refractivity (Wildman–Crippen MR) is 71.1 cm³/mol. The Labute approximate surface area is 111 Å². The maximum atomic E-state index is 5.84. The second kappa shape index (κ2) is 5.12. The van der Waals surface area contributed by atoms with Gasteiger partial charge in [0.2, 0.25) is 0 Å². The van der Waals surface area contributed by atoms with Crippen molar-refractivity contribution in [3.8, 4) is 0 Å². The van der Waals surface area contributed by atoms with Crippen molar-refractivity contribution in [2.24, 2.45) is 0 Å². The number of aryl methyl sites for hydroxylation is 1. The van der Waals surface area contributed by atoms with Crippen molar-refractivity contribution in [2.75, 3.05) is 5.32 Å². The molecule has 0 aromatic carbocycles. The normalized spacial score (nSPS) is 10.4. The molecular weight excluding hydrogens is 310 g/mol. The summed E-state index contributed by atoms with van der Waals surface area (Å²) < 4.78 is 1.13. The molecule has 0 unspecified atom stereocenters. The first-order valence-corrected chi connectivity index (χ1v) is 6.61. The van der Waals surface area contributed by atoms with Crippen LogP contribution in [-0.4, -0.2) is 9.97 Å². The van der Waals surface area contributed by atoms with E-state index in [-0.39, 0.29) is 0 Å². The maximum absolute atomic E-state index is 5.84. The molecule has 0 saturated heterocycles. The molecule has 0 spiro atoms. The van der Waals surface area contributed by atoms with Crippen molar-refractivity contribution in [3.05, 3.63) is 37.8 Å². The lowest BCUT2D eigenvalue weighted by Gasteiger charge is -2.04. The van der Waals surface area contributed by atoms with E-state index in [9.17, 15) is 0 Å². The Morgan fingerprint density at radius 1 is 1.44 bits per heavy atom. The van der Waals surface area contributed by atoms with Crippen LogP contribution in [0.3, 0.4) is 0 Å². The van der Waals surface area contributed by atoms with Crippen molar-refractivity contribution in [3.63, 3.8) is 0 Å². The number of thiophene rings is 1. The Morgan fingerprint density at radius 2 is 2.25 bits per heavy atom. The Hall–Kier alpha value is -0.650. The van der Waals surface area contributed by atoms with Crippen LogP contribution < -0.4 is 5.32 Å². The minimum atomic E-state index is 0.461. The molecule has 2 heterocycles. The van der Waals surface area contributed by atoms with E-state index in [2.05, 4.69) is 37.3 Å². The SMILES string of the molecule is Cc1nc(Cl)cc(NCc2ccc(Br)s2)n1. The number of rotatable bonds is 3. The van der Waals surface area contributed by atoms with Gasteiger partial charge in [-0.3, -0.25) is 0 Å². The predicted octanol–water partition coefficient (Wildman–Crippen LogP) is 3.87. The quantitative estimate of drug-likeness (QED) is 0.873. The Balaban J connectivity index is 2.04. The summed E-state index contributed by atoms with van der Waals surface area (Å²) in [7, 11) is 0. The molecule has 0 aliphatic rings. The van der Waals surface area contributed by atoms with Crippen LogP contribution in [-0.2, 0) is 6.54 Å². The average Bonchev–Trinajstić information content (AvgIpc) is 2.60. The molecule has 0 aliphatic carbocycles. The molecule has 3 nitrogen and oxygen atoms in total. The lowest BCUT2D eigenvalue weighted by atomic mass is 10.4. The first-order valence-electron chi connectivity index (χ1n) is 4.63. The third kappa shape index (κ3) is 3.17. The summed E-state index contributed by atoms with van der Waals surface area (Å²) in [5.41, 5.74) is 0. The molecule has 0 amide bonds. The van der Waals surface area contributed by atoms with Gasteiger partial charge in [-0.2, -0.15) is 0 Å². The highest BCUT2D eigenvalue weighted by Crippen LogP contribution is 2.22. The lowest BCUT2D eigenvalue weighted by molar-refractivity contribution is 1.03. The zero-order valence-corrected chi connectivity index (χ0v) is 11.7. The van der Waals surface area contributed by atoms with Gasteiger partial charge in [0.05, 0.1) is 10.3 Å². The monoisotopic (exact) mass is 317 g/mol. The molecule has 2 rings (SSSR count). The van der Waals surface area contributed by atoms with Crippen LogP contribution in [0.5, 0.6) is 0 Å². The van der Waals surface area contributed by atoms with Crippen LogP contribution in [0, 0.1) is 6.92 Å². The Bertz CT molecular complexity index is 480. The number of anilines is 1. The number of hydrogen-bond donors (Lipinski definition) is 1. The van der Waals surface area contributed by atoms with E-state index in [1.54, 1.807) is 17.4 Å². The summed E-state index contributed by atoms with van der Waals surface area (Å²) in [6.07, 6.45) is 0. The van der Waals surface area contributed by atoms with Gasteiger partial charge in [0.15, 0.2) is 0 Å². The first kappa shape index (κ1) is 11.8. The van der Waals surface area contributed by atoms with Gasteiger partial charge in [0, 0.05) is 10.9 Å². The van der Waals surface area contributed by atoms with Gasteiger partial charge < -0.3 is 5.32 Å². The summed E-state index contributed by atoms with van der Waals surface area (Å²) >= 11 is 11.0. The van der Waals surface area contributed by atoms with Gasteiger partial charge in [-0.1, -0.05) is 11.6 Å². The van der Waals surface area contributed by atoms with Crippen molar-refractivity contribution in [1.82, 2.24) is 9.97 Å². The number of aromatic nitrogens is 2. The molecule has 0 aliphatic heterocycles. The topological polar surface area (TPSA) is 37.8 Å². The van der Waals surface area contributed by atoms with Crippen molar-refractivity contribution in [1.29, 1.82) is 0 Å². The summed E-state index contributed by atoms with van der Waals surface area (Å²) in [6.45, 7) is 2.56. The fraction of sp³-hybridized carbons (Fsp3) is 0.200. The zero-order chi connectivity index (χ0) is 11.5. The second-order valence-electron chi connectivity index (χ2n) is 3.18. The first-order chi connectivity index (χ1) is 7.63. The van der Waals surface area contributed by atoms with Gasteiger partial charge in [0.1, 0.15) is 16.8 Å². The Morgan fingerprint density at radius 3 is 2.88 bits per heavy atom. The van der Waals surface area contributed by atoms with E-state index < -0.39 is 0 Å². The van der Waals surface area contributed by atoms with E-state index in [1.165, 1.54) is 4.88 Å². The molecular formula is C10H9BrClN3S. The molecule has 1 N–H and O–H groups in total. The largest absolute Gasteiger partial charge is 0.365 e. The molecule has 2 aromatic rings. The standard InChI is InChI=1S/C10H9BrClN3S/c1-6-14-9(12)4-10(15-6)13-5-7-2-3-8(11)16-7/h2-4H,5H2,1H3,(H,13,14,15). The van der Waals surface area contributed by atoms with E-state index >= 15 is 0 Å². The molecule has 0 radical (unpaired) electrons. The number of halogens is 2. The highest BCUT2D eigenvalue weighted by molar-refractivity contribution is 9.11. The fourth-order valence-electron chi connectivity index (χ4n) is 1.25. The van der Waals surface area contributed by atoms with Crippen LogP contribution in [0.4, 0.5) is 5.82 Å². The zero-order valence-electron chi connectivity index (χ0n) is 8.50. The summed E-state index contributed by atoms with van der Waals surface area (Å²) in [6, 6.07) is 5.81. The van der Waals surface area contributed by atoms with Crippen LogP contribution in [0.1, 0.15) is 10.7 Å². The van der Waals surface area contributed by atoms with Gasteiger partial charge in [0.25, 0.3) is 0 Å². The van der Waals surface area contributed by atoms with E-state index in [1.807, 2.05) is 13.0 Å². The smallest absolute Gasteiger partial charge is 0.134 e. The average molecular weight is 319 g/mol. The maximum Gasteiger partial charge on any atom is 0.134 e. The lowest BCUT2D eigenvalue weighted by Crippen LogP contribution is -2.01. The molecule has 6 heteroatoms. The van der Waals surface area contributed by atoms with Crippen molar-refractivity contribution in [2.45, 2.75) is 13.5 Å². The third-order valence-electron chi connectivity index (χ3n) is 1.88. The van der Waals surface area contributed by atoms with Gasteiger partial charge in [-0.25, -0.2) is 9.97 Å². The molecule has 16 heavy (non-hydrogen) atoms. The van der Waals surface area contributed by atoms with Crippen LogP contribution in [0.2, 0.25) is 5.15 Å². The minimum absolute atomic E-state index is 0.461. The van der Waals surface area contributed by atoms with Gasteiger partial charge >= 0.3 is 0 Å². The Kier molecular flexibility index (Phi) is 3.78. The summed E-state index contributed by atoms with van der Waals surface area (Å²) in [5.74, 6) is 1.42. The summed E-state index contributed by atoms with van der Waals surface area (Å²) in [4.78, 5) is 9.48. The number of hydrogen-bond acceptors (Lipinski definition) is 4. The van der Waals surface area contributed by atoms with Crippen LogP contribution >= 0.6 is 38.9 Å². The summed E-state index contributed by atoms with van der Waals surface area (Å²) in [5, 5.41) is 3.67. The molecule has 84 valence electrons. The van der Waals surface area contributed by atoms with E-state index in [0.717, 1.165) is 16.1 Å². The molecule has 0 bridgehead atoms. The van der Waals surface area contributed by atoms with E-state index in [4.69, 9.17) is 11.6 Å². The minimum Gasteiger partial charge on any atom is -0.365 e. The van der Waals surface area contributed by atoms with Crippen molar-refractivity contribution < 1.29 is 0 Å². The highest BCUT2D eigenvalue weighted by Gasteiger charge is 2.01. The highest BCUT2D eigenvalue weighted by atomic mass is 79.9. The van der Waals surface area contributed by atoms with Gasteiger partial charge in [-0.15, -0.1) is 11.3 Å². The van der Waals surface area contributed by atoms with Crippen molar-refractivity contribution >= 4 is 44.7 Å². The molecule has 0 atom stereocenters. The van der Waals surface area contributed by atoms with E-state index in [0.29, 0.717) is 11.0 Å². The second-order valence-corrected chi connectivity index (χ2v) is 6.12. The van der Waals surface area contributed by atoms with Crippen LogP contribution in [0.25, 0.3) is 0 Å². The number of nitrogens with one attached hydrogen (secondary N) is 1. The molecule has 0 fully saturated rings.